The van der Waals surface area contributed by atoms with E-state index in [4.69, 9.17) is 4.74 Å². The molecular formula is C20H19N3O4S. The van der Waals surface area contributed by atoms with Crippen molar-refractivity contribution in [3.05, 3.63) is 84.7 Å². The molecule has 0 aliphatic carbocycles. The van der Waals surface area contributed by atoms with Gasteiger partial charge in [0, 0.05) is 18.0 Å². The number of nitrogens with one attached hydrogen (secondary N) is 2. The third-order valence-electron chi connectivity index (χ3n) is 3.76. The fourth-order valence-corrected chi connectivity index (χ4v) is 3.43. The van der Waals surface area contributed by atoms with Crippen LogP contribution in [0.1, 0.15) is 10.4 Å². The van der Waals surface area contributed by atoms with E-state index in [9.17, 15) is 13.2 Å². The molecule has 0 aliphatic rings. The van der Waals surface area contributed by atoms with Crippen LogP contribution in [0.4, 0.5) is 5.69 Å². The number of para-hydroxylation sites is 1. The summed E-state index contributed by atoms with van der Waals surface area (Å²) in [6.45, 7) is 0.662. The average molecular weight is 397 g/mol. The molecule has 0 aliphatic heterocycles. The third-order valence-corrected chi connectivity index (χ3v) is 5.16. The monoisotopic (exact) mass is 397 g/mol. The Bertz CT molecular complexity index is 1010. The second-order valence-electron chi connectivity index (χ2n) is 5.78. The molecule has 0 saturated heterocycles. The minimum atomic E-state index is -3.74. The van der Waals surface area contributed by atoms with Crippen molar-refractivity contribution in [2.24, 2.45) is 0 Å². The van der Waals surface area contributed by atoms with E-state index in [0.717, 1.165) is 5.75 Å². The standard InChI is InChI=1S/C20H19N3O4S/c24-20(22-14-15-27-18-4-2-1-3-5-18)16-6-8-19(9-7-16)28(25,26)23-17-10-12-21-13-11-17/h1-13H,14-15H2,(H,21,23)(H,22,24). The smallest absolute Gasteiger partial charge is 0.261 e. The average Bonchev–Trinajstić information content (AvgIpc) is 2.72. The molecule has 0 fully saturated rings. The molecule has 1 heterocycles. The van der Waals surface area contributed by atoms with Gasteiger partial charge in [0.15, 0.2) is 0 Å². The second kappa shape index (κ2) is 9.01. The zero-order valence-electron chi connectivity index (χ0n) is 14.9. The number of sulfonamides is 1. The zero-order chi connectivity index (χ0) is 19.8. The van der Waals surface area contributed by atoms with Gasteiger partial charge < -0.3 is 10.1 Å². The van der Waals surface area contributed by atoms with Crippen molar-refractivity contribution in [2.45, 2.75) is 4.90 Å². The molecule has 0 atom stereocenters. The summed E-state index contributed by atoms with van der Waals surface area (Å²) in [6.07, 6.45) is 2.99. The summed E-state index contributed by atoms with van der Waals surface area (Å²) in [5.74, 6) is 0.427. The Morgan fingerprint density at radius 2 is 1.61 bits per heavy atom. The second-order valence-corrected chi connectivity index (χ2v) is 7.47. The predicted octanol–water partition coefficient (Wildman–Crippen LogP) is 2.69. The molecule has 7 nitrogen and oxygen atoms in total. The maximum absolute atomic E-state index is 12.4. The Morgan fingerprint density at radius 3 is 2.29 bits per heavy atom. The van der Waals surface area contributed by atoms with Crippen molar-refractivity contribution in [3.63, 3.8) is 0 Å². The van der Waals surface area contributed by atoms with E-state index in [2.05, 4.69) is 15.0 Å². The molecule has 3 rings (SSSR count). The summed E-state index contributed by atoms with van der Waals surface area (Å²) in [5.41, 5.74) is 0.776. The molecule has 0 bridgehead atoms. The lowest BCUT2D eigenvalue weighted by atomic mass is 10.2. The first kappa shape index (κ1) is 19.4. The number of pyridine rings is 1. The van der Waals surface area contributed by atoms with Gasteiger partial charge in [0.05, 0.1) is 17.1 Å². The molecule has 28 heavy (non-hydrogen) atoms. The zero-order valence-corrected chi connectivity index (χ0v) is 15.7. The maximum Gasteiger partial charge on any atom is 0.261 e. The number of carbonyl (C=O) groups excluding carboxylic acids is 1. The molecule has 0 spiro atoms. The summed E-state index contributed by atoms with van der Waals surface area (Å²) < 4.78 is 32.7. The first-order valence-corrected chi connectivity index (χ1v) is 10.0. The summed E-state index contributed by atoms with van der Waals surface area (Å²) in [6, 6.07) is 18.1. The highest BCUT2D eigenvalue weighted by Crippen LogP contribution is 2.16. The Kier molecular flexibility index (Phi) is 6.23. The van der Waals surface area contributed by atoms with Crippen molar-refractivity contribution in [3.8, 4) is 5.75 Å². The molecule has 2 N–H and O–H groups in total. The summed E-state index contributed by atoms with van der Waals surface area (Å²) in [7, 11) is -3.74. The number of amides is 1. The van der Waals surface area contributed by atoms with Gasteiger partial charge in [0.1, 0.15) is 12.4 Å². The first-order valence-electron chi connectivity index (χ1n) is 8.53. The summed E-state index contributed by atoms with van der Waals surface area (Å²) >= 11 is 0. The highest BCUT2D eigenvalue weighted by Gasteiger charge is 2.15. The largest absolute Gasteiger partial charge is 0.492 e. The van der Waals surface area contributed by atoms with E-state index in [1.54, 1.807) is 12.1 Å². The topological polar surface area (TPSA) is 97.4 Å². The van der Waals surface area contributed by atoms with Crippen LogP contribution in [0.2, 0.25) is 0 Å². The van der Waals surface area contributed by atoms with Crippen LogP contribution in [-0.4, -0.2) is 32.5 Å². The maximum atomic E-state index is 12.4. The van der Waals surface area contributed by atoms with Gasteiger partial charge in [-0.25, -0.2) is 8.42 Å². The van der Waals surface area contributed by atoms with Gasteiger partial charge in [-0.15, -0.1) is 0 Å². The Balaban J connectivity index is 1.53. The van der Waals surface area contributed by atoms with Crippen LogP contribution in [-0.2, 0) is 10.0 Å². The molecule has 0 radical (unpaired) electrons. The fraction of sp³-hybridized carbons (Fsp3) is 0.100. The number of hydrogen-bond acceptors (Lipinski definition) is 5. The number of aromatic nitrogens is 1. The minimum Gasteiger partial charge on any atom is -0.492 e. The van der Waals surface area contributed by atoms with E-state index >= 15 is 0 Å². The Morgan fingerprint density at radius 1 is 0.929 bits per heavy atom. The molecular weight excluding hydrogens is 378 g/mol. The van der Waals surface area contributed by atoms with Crippen LogP contribution < -0.4 is 14.8 Å². The van der Waals surface area contributed by atoms with Crippen molar-refractivity contribution in [1.29, 1.82) is 0 Å². The van der Waals surface area contributed by atoms with Gasteiger partial charge >= 0.3 is 0 Å². The van der Waals surface area contributed by atoms with Gasteiger partial charge in [-0.05, 0) is 48.5 Å². The fourth-order valence-electron chi connectivity index (χ4n) is 2.37. The van der Waals surface area contributed by atoms with E-state index in [0.29, 0.717) is 24.4 Å². The van der Waals surface area contributed by atoms with Crippen LogP contribution in [0.15, 0.2) is 84.0 Å². The number of benzene rings is 2. The van der Waals surface area contributed by atoms with Crippen LogP contribution in [0.5, 0.6) is 5.75 Å². The van der Waals surface area contributed by atoms with Gasteiger partial charge in [-0.1, -0.05) is 18.2 Å². The molecule has 0 saturated carbocycles. The third kappa shape index (κ3) is 5.31. The van der Waals surface area contributed by atoms with Gasteiger partial charge in [0.25, 0.3) is 15.9 Å². The van der Waals surface area contributed by atoms with Crippen molar-refractivity contribution in [1.82, 2.24) is 10.3 Å². The Hall–Kier alpha value is -3.39. The quantitative estimate of drug-likeness (QED) is 0.570. The summed E-state index contributed by atoms with van der Waals surface area (Å²) in [5, 5.41) is 2.73. The van der Waals surface area contributed by atoms with Crippen LogP contribution in [0.25, 0.3) is 0 Å². The SMILES string of the molecule is O=C(NCCOc1ccccc1)c1ccc(S(=O)(=O)Nc2ccncc2)cc1. The molecule has 8 heteroatoms. The molecule has 0 unspecified atom stereocenters. The lowest BCUT2D eigenvalue weighted by Gasteiger charge is -2.09. The highest BCUT2D eigenvalue weighted by molar-refractivity contribution is 7.92. The van der Waals surface area contributed by atoms with E-state index < -0.39 is 10.0 Å². The van der Waals surface area contributed by atoms with Crippen molar-refractivity contribution < 1.29 is 17.9 Å². The molecule has 1 aromatic heterocycles. The molecule has 144 valence electrons. The number of hydrogen-bond donors (Lipinski definition) is 2. The number of carbonyl (C=O) groups is 1. The predicted molar refractivity (Wildman–Crippen MR) is 106 cm³/mol. The lowest BCUT2D eigenvalue weighted by molar-refractivity contribution is 0.0947. The summed E-state index contributed by atoms with van der Waals surface area (Å²) in [4.78, 5) is 16.1. The normalized spacial score (nSPS) is 10.9. The minimum absolute atomic E-state index is 0.0632. The first-order chi connectivity index (χ1) is 13.5. The van der Waals surface area contributed by atoms with E-state index in [1.165, 1.54) is 36.7 Å². The highest BCUT2D eigenvalue weighted by atomic mass is 32.2. The van der Waals surface area contributed by atoms with Gasteiger partial charge in [-0.2, -0.15) is 0 Å². The Labute approximate surface area is 163 Å². The van der Waals surface area contributed by atoms with Crippen molar-refractivity contribution in [2.75, 3.05) is 17.9 Å². The number of rotatable bonds is 8. The number of anilines is 1. The van der Waals surface area contributed by atoms with Crippen LogP contribution in [0.3, 0.4) is 0 Å². The van der Waals surface area contributed by atoms with E-state index in [1.807, 2.05) is 30.3 Å². The molecule has 2 aromatic carbocycles. The van der Waals surface area contributed by atoms with Crippen molar-refractivity contribution >= 4 is 21.6 Å². The number of ether oxygens (including phenoxy) is 1. The van der Waals surface area contributed by atoms with Gasteiger partial charge in [0.2, 0.25) is 0 Å². The molecule has 1 amide bonds. The van der Waals surface area contributed by atoms with Crippen LogP contribution in [0, 0.1) is 0 Å². The van der Waals surface area contributed by atoms with Crippen LogP contribution >= 0.6 is 0 Å². The molecule has 3 aromatic rings. The van der Waals surface area contributed by atoms with E-state index in [-0.39, 0.29) is 10.8 Å². The van der Waals surface area contributed by atoms with Gasteiger partial charge in [-0.3, -0.25) is 14.5 Å². The number of nitrogens with zero attached hydrogens (tertiary/aromatic N) is 1. The lowest BCUT2D eigenvalue weighted by Crippen LogP contribution is -2.28.